The predicted octanol–water partition coefficient (Wildman–Crippen LogP) is 2.86. The van der Waals surface area contributed by atoms with Gasteiger partial charge in [0.05, 0.1) is 5.39 Å². The maximum Gasteiger partial charge on any atom is 0.225 e. The van der Waals surface area contributed by atoms with E-state index < -0.39 is 0 Å². The molecule has 0 amide bonds. The van der Waals surface area contributed by atoms with E-state index in [1.807, 2.05) is 0 Å². The van der Waals surface area contributed by atoms with E-state index in [2.05, 4.69) is 27.9 Å². The molecule has 1 saturated heterocycles. The van der Waals surface area contributed by atoms with Crippen molar-refractivity contribution in [3.8, 4) is 0 Å². The van der Waals surface area contributed by atoms with Crippen molar-refractivity contribution in [3.05, 3.63) is 16.2 Å². The molecule has 3 rings (SSSR count). The zero-order valence-electron chi connectivity index (χ0n) is 8.33. The fraction of sp³-hybridized carbons (Fsp3) is 0.400. The fourth-order valence-corrected chi connectivity index (χ4v) is 2.86. The first-order valence-electron chi connectivity index (χ1n) is 4.93. The quantitative estimate of drug-likeness (QED) is 0.717. The first-order valence-corrected chi connectivity index (χ1v) is 6.12. The fourth-order valence-electron chi connectivity index (χ4n) is 1.77. The van der Waals surface area contributed by atoms with E-state index in [9.17, 15) is 0 Å². The molecule has 0 unspecified atom stereocenters. The molecule has 1 aliphatic rings. The lowest BCUT2D eigenvalue weighted by Gasteiger charge is -2.32. The van der Waals surface area contributed by atoms with Crippen LogP contribution in [0.3, 0.4) is 0 Å². The van der Waals surface area contributed by atoms with E-state index in [4.69, 9.17) is 11.6 Å². The summed E-state index contributed by atoms with van der Waals surface area (Å²) in [6.45, 7) is 4.24. The minimum atomic E-state index is 0.353. The predicted molar refractivity (Wildman–Crippen MR) is 64.0 cm³/mol. The van der Waals surface area contributed by atoms with Gasteiger partial charge in [-0.25, -0.2) is 4.98 Å². The second-order valence-electron chi connectivity index (χ2n) is 3.73. The number of thiophene rings is 1. The van der Waals surface area contributed by atoms with Gasteiger partial charge in [0.15, 0.2) is 0 Å². The Morgan fingerprint density at radius 3 is 2.87 bits per heavy atom. The summed E-state index contributed by atoms with van der Waals surface area (Å²) in [5.41, 5.74) is 0. The second kappa shape index (κ2) is 3.32. The molecule has 2 aromatic rings. The highest BCUT2D eigenvalue weighted by Gasteiger charge is 2.20. The minimum Gasteiger partial charge on any atom is -0.356 e. The molecule has 0 aliphatic carbocycles. The van der Waals surface area contributed by atoms with Gasteiger partial charge < -0.3 is 4.90 Å². The van der Waals surface area contributed by atoms with E-state index in [1.54, 1.807) is 11.3 Å². The maximum atomic E-state index is 5.92. The Morgan fingerprint density at radius 1 is 1.40 bits per heavy atom. The van der Waals surface area contributed by atoms with Crippen LogP contribution in [0.2, 0.25) is 5.28 Å². The van der Waals surface area contributed by atoms with Gasteiger partial charge in [-0.3, -0.25) is 0 Å². The van der Waals surface area contributed by atoms with Crippen molar-refractivity contribution in [3.63, 3.8) is 0 Å². The third-order valence-electron chi connectivity index (χ3n) is 2.62. The highest BCUT2D eigenvalue weighted by atomic mass is 35.5. The molecule has 0 spiro atoms. The van der Waals surface area contributed by atoms with Gasteiger partial charge in [0, 0.05) is 18.0 Å². The summed E-state index contributed by atoms with van der Waals surface area (Å²) in [7, 11) is 0. The number of anilines is 1. The molecule has 2 aromatic heterocycles. The zero-order chi connectivity index (χ0) is 10.4. The van der Waals surface area contributed by atoms with Gasteiger partial charge in [0.25, 0.3) is 0 Å². The average Bonchev–Trinajstić information content (AvgIpc) is 2.41. The number of halogens is 1. The van der Waals surface area contributed by atoms with Gasteiger partial charge in [-0.05, 0) is 31.0 Å². The van der Waals surface area contributed by atoms with E-state index in [-0.39, 0.29) is 0 Å². The number of aryl methyl sites for hydroxylation is 1. The van der Waals surface area contributed by atoms with E-state index in [1.165, 1.54) is 11.3 Å². The Kier molecular flexibility index (Phi) is 2.07. The van der Waals surface area contributed by atoms with Crippen LogP contribution in [0.1, 0.15) is 11.3 Å². The summed E-state index contributed by atoms with van der Waals surface area (Å²) < 4.78 is 0. The topological polar surface area (TPSA) is 29.0 Å². The van der Waals surface area contributed by atoms with Crippen molar-refractivity contribution >= 4 is 39.0 Å². The van der Waals surface area contributed by atoms with Crippen molar-refractivity contribution in [2.24, 2.45) is 0 Å². The summed E-state index contributed by atoms with van der Waals surface area (Å²) in [5.74, 6) is 1.00. The number of fused-ring (bicyclic) bond motifs is 1. The maximum absolute atomic E-state index is 5.92. The van der Waals surface area contributed by atoms with Crippen LogP contribution in [0.15, 0.2) is 6.07 Å². The molecule has 0 saturated carbocycles. The SMILES string of the molecule is Cc1cc2c(N3CCC3)nc(Cl)nc2s1. The van der Waals surface area contributed by atoms with Gasteiger partial charge >= 0.3 is 0 Å². The molecular weight excluding hydrogens is 230 g/mol. The van der Waals surface area contributed by atoms with Gasteiger partial charge in [-0.15, -0.1) is 11.3 Å². The molecule has 0 atom stereocenters. The molecule has 0 N–H and O–H groups in total. The van der Waals surface area contributed by atoms with Gasteiger partial charge in [0.1, 0.15) is 10.6 Å². The minimum absolute atomic E-state index is 0.353. The smallest absolute Gasteiger partial charge is 0.225 e. The lowest BCUT2D eigenvalue weighted by molar-refractivity contribution is 0.612. The average molecular weight is 240 g/mol. The third kappa shape index (κ3) is 1.48. The molecule has 3 heterocycles. The molecule has 78 valence electrons. The van der Waals surface area contributed by atoms with Crippen LogP contribution >= 0.6 is 22.9 Å². The van der Waals surface area contributed by atoms with Crippen LogP contribution in [0.4, 0.5) is 5.82 Å². The molecular formula is C10H10ClN3S. The van der Waals surface area contributed by atoms with E-state index >= 15 is 0 Å². The molecule has 0 radical (unpaired) electrons. The molecule has 1 aliphatic heterocycles. The summed E-state index contributed by atoms with van der Waals surface area (Å²) in [6, 6.07) is 2.14. The summed E-state index contributed by atoms with van der Waals surface area (Å²) >= 11 is 7.59. The lowest BCUT2D eigenvalue weighted by Crippen LogP contribution is -2.37. The van der Waals surface area contributed by atoms with Gasteiger partial charge in [-0.1, -0.05) is 0 Å². The van der Waals surface area contributed by atoms with E-state index in [0.717, 1.165) is 29.1 Å². The van der Waals surface area contributed by atoms with Crippen LogP contribution in [0.5, 0.6) is 0 Å². The first kappa shape index (κ1) is 9.36. The van der Waals surface area contributed by atoms with Crippen LogP contribution in [-0.2, 0) is 0 Å². The van der Waals surface area contributed by atoms with Crippen molar-refractivity contribution in [2.45, 2.75) is 13.3 Å². The number of hydrogen-bond acceptors (Lipinski definition) is 4. The summed E-state index contributed by atoms with van der Waals surface area (Å²) in [5, 5.41) is 1.49. The molecule has 0 bridgehead atoms. The molecule has 1 fully saturated rings. The van der Waals surface area contributed by atoms with Crippen molar-refractivity contribution in [2.75, 3.05) is 18.0 Å². The van der Waals surface area contributed by atoms with Crippen LogP contribution in [-0.4, -0.2) is 23.1 Å². The van der Waals surface area contributed by atoms with Crippen LogP contribution < -0.4 is 4.90 Å². The largest absolute Gasteiger partial charge is 0.356 e. The molecule has 3 nitrogen and oxygen atoms in total. The molecule has 5 heteroatoms. The number of hydrogen-bond donors (Lipinski definition) is 0. The normalized spacial score (nSPS) is 15.7. The standard InChI is InChI=1S/C10H10ClN3S/c1-6-5-7-8(14-3-2-4-14)12-10(11)13-9(7)15-6/h5H,2-4H2,1H3. The highest BCUT2D eigenvalue weighted by Crippen LogP contribution is 2.33. The lowest BCUT2D eigenvalue weighted by atomic mass is 10.2. The van der Waals surface area contributed by atoms with E-state index in [0.29, 0.717) is 5.28 Å². The monoisotopic (exact) mass is 239 g/mol. The zero-order valence-corrected chi connectivity index (χ0v) is 9.90. The van der Waals surface area contributed by atoms with Crippen LogP contribution in [0.25, 0.3) is 10.2 Å². The Morgan fingerprint density at radius 2 is 2.20 bits per heavy atom. The number of nitrogens with zero attached hydrogens (tertiary/aromatic N) is 3. The number of rotatable bonds is 1. The Hall–Kier alpha value is -0.870. The van der Waals surface area contributed by atoms with Gasteiger partial charge in [0.2, 0.25) is 5.28 Å². The van der Waals surface area contributed by atoms with Crippen LogP contribution in [0, 0.1) is 6.92 Å². The van der Waals surface area contributed by atoms with Crippen molar-refractivity contribution in [1.29, 1.82) is 0 Å². The first-order chi connectivity index (χ1) is 7.24. The van der Waals surface area contributed by atoms with Crippen molar-refractivity contribution < 1.29 is 0 Å². The molecule has 0 aromatic carbocycles. The Labute approximate surface area is 96.7 Å². The highest BCUT2D eigenvalue weighted by molar-refractivity contribution is 7.18. The third-order valence-corrected chi connectivity index (χ3v) is 3.74. The van der Waals surface area contributed by atoms with Crippen molar-refractivity contribution in [1.82, 2.24) is 9.97 Å². The molecule has 15 heavy (non-hydrogen) atoms. The summed E-state index contributed by atoms with van der Waals surface area (Å²) in [4.78, 5) is 13.1. The number of aromatic nitrogens is 2. The van der Waals surface area contributed by atoms with Gasteiger partial charge in [-0.2, -0.15) is 4.98 Å². The Bertz CT molecular complexity index is 519. The Balaban J connectivity index is 2.24. The second-order valence-corrected chi connectivity index (χ2v) is 5.31. The summed E-state index contributed by atoms with van der Waals surface area (Å²) in [6.07, 6.45) is 1.24.